The Bertz CT molecular complexity index is 640. The lowest BCUT2D eigenvalue weighted by Crippen LogP contribution is -2.49. The molecule has 104 valence electrons. The summed E-state index contributed by atoms with van der Waals surface area (Å²) in [7, 11) is 0. The molecule has 0 aromatic carbocycles. The van der Waals surface area contributed by atoms with Crippen LogP contribution in [0.15, 0.2) is 35.3 Å². The monoisotopic (exact) mass is 273 g/mol. The van der Waals surface area contributed by atoms with E-state index in [0.717, 1.165) is 18.9 Å². The lowest BCUT2D eigenvalue weighted by atomic mass is 10.2. The molecule has 1 aliphatic heterocycles. The van der Waals surface area contributed by atoms with E-state index in [9.17, 15) is 9.59 Å². The molecule has 0 unspecified atom stereocenters. The maximum atomic E-state index is 12.2. The van der Waals surface area contributed by atoms with Crippen molar-refractivity contribution in [2.24, 2.45) is 0 Å². The Hall–Kier alpha value is -2.57. The highest BCUT2D eigenvalue weighted by atomic mass is 16.2. The molecule has 1 aliphatic rings. The number of aromatic nitrogens is 3. The highest BCUT2D eigenvalue weighted by Crippen LogP contribution is 2.13. The van der Waals surface area contributed by atoms with Gasteiger partial charge in [0.2, 0.25) is 0 Å². The van der Waals surface area contributed by atoms with Gasteiger partial charge in [-0.2, -0.15) is 0 Å². The first-order valence-corrected chi connectivity index (χ1v) is 6.47. The number of aromatic amines is 2. The minimum atomic E-state index is -0.291. The predicted octanol–water partition coefficient (Wildman–Crippen LogP) is 0.0604. The molecule has 1 saturated heterocycles. The van der Waals surface area contributed by atoms with Crippen LogP contribution in [-0.4, -0.2) is 52.2 Å². The Morgan fingerprint density at radius 2 is 1.95 bits per heavy atom. The van der Waals surface area contributed by atoms with Crippen LogP contribution in [0.4, 0.5) is 5.82 Å². The number of hydrogen-bond acceptors (Lipinski definition) is 4. The van der Waals surface area contributed by atoms with E-state index in [1.807, 2.05) is 18.2 Å². The van der Waals surface area contributed by atoms with Crippen molar-refractivity contribution in [1.29, 1.82) is 0 Å². The highest BCUT2D eigenvalue weighted by Gasteiger charge is 2.23. The lowest BCUT2D eigenvalue weighted by molar-refractivity contribution is 0.0740. The van der Waals surface area contributed by atoms with Gasteiger partial charge in [-0.15, -0.1) is 0 Å². The van der Waals surface area contributed by atoms with Crippen LogP contribution in [0.3, 0.4) is 0 Å². The summed E-state index contributed by atoms with van der Waals surface area (Å²) >= 11 is 0. The maximum absolute atomic E-state index is 12.2. The van der Waals surface area contributed by atoms with Gasteiger partial charge in [-0.25, -0.2) is 4.98 Å². The first kappa shape index (κ1) is 12.5. The van der Waals surface area contributed by atoms with Crippen molar-refractivity contribution in [2.45, 2.75) is 0 Å². The number of pyridine rings is 1. The molecule has 20 heavy (non-hydrogen) atoms. The topological polar surface area (TPSA) is 85.1 Å². The van der Waals surface area contributed by atoms with E-state index in [1.165, 1.54) is 6.07 Å². The highest BCUT2D eigenvalue weighted by molar-refractivity contribution is 5.92. The minimum absolute atomic E-state index is 0.149. The molecule has 3 heterocycles. The summed E-state index contributed by atoms with van der Waals surface area (Å²) in [6, 6.07) is 7.07. The van der Waals surface area contributed by atoms with Crippen LogP contribution < -0.4 is 10.5 Å². The minimum Gasteiger partial charge on any atom is -0.353 e. The van der Waals surface area contributed by atoms with Gasteiger partial charge in [0, 0.05) is 38.4 Å². The third kappa shape index (κ3) is 2.42. The van der Waals surface area contributed by atoms with E-state index in [2.05, 4.69) is 20.1 Å². The molecule has 3 rings (SSSR count). The number of piperazine rings is 1. The molecule has 0 atom stereocenters. The van der Waals surface area contributed by atoms with Crippen molar-refractivity contribution in [3.05, 3.63) is 46.5 Å². The Morgan fingerprint density at radius 1 is 1.15 bits per heavy atom. The Kier molecular flexibility index (Phi) is 3.24. The van der Waals surface area contributed by atoms with Crippen LogP contribution in [0.25, 0.3) is 0 Å². The fraction of sp³-hybridized carbons (Fsp3) is 0.308. The van der Waals surface area contributed by atoms with Gasteiger partial charge in [0.25, 0.3) is 11.5 Å². The summed E-state index contributed by atoms with van der Waals surface area (Å²) in [5.41, 5.74) is 0.0155. The lowest BCUT2D eigenvalue weighted by Gasteiger charge is -2.35. The summed E-state index contributed by atoms with van der Waals surface area (Å²) in [5, 5.41) is 4.97. The van der Waals surface area contributed by atoms with E-state index in [0.29, 0.717) is 18.8 Å². The van der Waals surface area contributed by atoms with Crippen LogP contribution in [0.1, 0.15) is 10.5 Å². The fourth-order valence-corrected chi connectivity index (χ4v) is 2.30. The van der Waals surface area contributed by atoms with Gasteiger partial charge in [-0.1, -0.05) is 6.07 Å². The van der Waals surface area contributed by atoms with Gasteiger partial charge in [0.05, 0.1) is 0 Å². The molecule has 0 spiro atoms. The van der Waals surface area contributed by atoms with Gasteiger partial charge in [-0.3, -0.25) is 19.8 Å². The van der Waals surface area contributed by atoms with E-state index in [-0.39, 0.29) is 11.5 Å². The van der Waals surface area contributed by atoms with Gasteiger partial charge < -0.3 is 9.80 Å². The van der Waals surface area contributed by atoms with Crippen LogP contribution >= 0.6 is 0 Å². The number of anilines is 1. The average molecular weight is 273 g/mol. The first-order chi connectivity index (χ1) is 9.74. The molecule has 2 N–H and O–H groups in total. The molecule has 2 aromatic rings. The number of hydrogen-bond donors (Lipinski definition) is 2. The van der Waals surface area contributed by atoms with Gasteiger partial charge in [-0.05, 0) is 12.1 Å². The molecule has 1 fully saturated rings. The summed E-state index contributed by atoms with van der Waals surface area (Å²) in [6.45, 7) is 2.69. The van der Waals surface area contributed by atoms with Gasteiger partial charge in [0.1, 0.15) is 11.5 Å². The zero-order chi connectivity index (χ0) is 13.9. The van der Waals surface area contributed by atoms with Crippen LogP contribution in [0, 0.1) is 0 Å². The van der Waals surface area contributed by atoms with E-state index < -0.39 is 0 Å². The number of nitrogens with one attached hydrogen (secondary N) is 2. The largest absolute Gasteiger partial charge is 0.353 e. The third-order valence-electron chi connectivity index (χ3n) is 3.37. The standard InChI is InChI=1S/C13H15N5O2/c19-12-9-10(15-16-12)13(20)18-7-5-17(6-8-18)11-3-1-2-4-14-11/h1-4,9H,5-8H2,(H2,15,16,19). The van der Waals surface area contributed by atoms with E-state index in [4.69, 9.17) is 0 Å². The summed E-state index contributed by atoms with van der Waals surface area (Å²) < 4.78 is 0. The SMILES string of the molecule is O=C(c1cc(=O)[nH][nH]1)N1CCN(c2ccccn2)CC1. The second-order valence-corrected chi connectivity index (χ2v) is 4.64. The molecule has 2 aromatic heterocycles. The van der Waals surface area contributed by atoms with Crippen molar-refractivity contribution in [3.8, 4) is 0 Å². The number of carbonyl (C=O) groups excluding carboxylic acids is 1. The number of carbonyl (C=O) groups is 1. The van der Waals surface area contributed by atoms with Crippen molar-refractivity contribution in [1.82, 2.24) is 20.1 Å². The van der Waals surface area contributed by atoms with Crippen molar-refractivity contribution in [3.63, 3.8) is 0 Å². The Labute approximate surface area is 115 Å². The molecular formula is C13H15N5O2. The van der Waals surface area contributed by atoms with Crippen molar-refractivity contribution < 1.29 is 4.79 Å². The van der Waals surface area contributed by atoms with Crippen LogP contribution in [0.5, 0.6) is 0 Å². The smallest absolute Gasteiger partial charge is 0.272 e. The molecule has 7 nitrogen and oxygen atoms in total. The quantitative estimate of drug-likeness (QED) is 0.810. The van der Waals surface area contributed by atoms with Crippen molar-refractivity contribution >= 4 is 11.7 Å². The van der Waals surface area contributed by atoms with Gasteiger partial charge in [0.15, 0.2) is 0 Å². The van der Waals surface area contributed by atoms with E-state index in [1.54, 1.807) is 11.1 Å². The van der Waals surface area contributed by atoms with Crippen LogP contribution in [0.2, 0.25) is 0 Å². The van der Waals surface area contributed by atoms with E-state index >= 15 is 0 Å². The number of amides is 1. The Morgan fingerprint density at radius 3 is 2.55 bits per heavy atom. The fourth-order valence-electron chi connectivity index (χ4n) is 2.30. The molecule has 1 amide bonds. The first-order valence-electron chi connectivity index (χ1n) is 6.47. The Balaban J connectivity index is 1.64. The van der Waals surface area contributed by atoms with Gasteiger partial charge >= 0.3 is 0 Å². The third-order valence-corrected chi connectivity index (χ3v) is 3.37. The number of rotatable bonds is 2. The molecule has 0 saturated carbocycles. The van der Waals surface area contributed by atoms with Crippen molar-refractivity contribution in [2.75, 3.05) is 31.1 Å². The summed E-state index contributed by atoms with van der Waals surface area (Å²) in [5.74, 6) is 0.777. The second kappa shape index (κ2) is 5.20. The molecule has 0 aliphatic carbocycles. The maximum Gasteiger partial charge on any atom is 0.272 e. The summed E-state index contributed by atoms with van der Waals surface area (Å²) in [6.07, 6.45) is 1.76. The summed E-state index contributed by atoms with van der Waals surface area (Å²) in [4.78, 5) is 31.4. The average Bonchev–Trinajstić information content (AvgIpc) is 2.94. The predicted molar refractivity (Wildman–Crippen MR) is 73.8 cm³/mol. The molecular weight excluding hydrogens is 258 g/mol. The molecule has 0 radical (unpaired) electrons. The second-order valence-electron chi connectivity index (χ2n) is 4.64. The molecule has 7 heteroatoms. The zero-order valence-electron chi connectivity index (χ0n) is 10.9. The number of H-pyrrole nitrogens is 2. The number of nitrogens with zero attached hydrogens (tertiary/aromatic N) is 3. The normalized spacial score (nSPS) is 15.4. The molecule has 0 bridgehead atoms. The zero-order valence-corrected chi connectivity index (χ0v) is 10.9. The van der Waals surface area contributed by atoms with Crippen LogP contribution in [-0.2, 0) is 0 Å².